The molecule has 0 heterocycles. The molecule has 1 N–H and O–H groups in total. The van der Waals surface area contributed by atoms with Crippen LogP contribution in [0.2, 0.25) is 10.0 Å². The fourth-order valence-electron chi connectivity index (χ4n) is 1.57. The predicted molar refractivity (Wildman–Crippen MR) is 70.2 cm³/mol. The van der Waals surface area contributed by atoms with Gasteiger partial charge in [0.1, 0.15) is 0 Å². The van der Waals surface area contributed by atoms with Gasteiger partial charge in [-0.3, -0.25) is 0 Å². The lowest BCUT2D eigenvalue weighted by Gasteiger charge is -2.14. The van der Waals surface area contributed by atoms with Crippen molar-refractivity contribution in [3.63, 3.8) is 0 Å². The van der Waals surface area contributed by atoms with E-state index in [9.17, 15) is 5.11 Å². The number of aryl methyl sites for hydroxylation is 1. The summed E-state index contributed by atoms with van der Waals surface area (Å²) in [5.41, 5.74) is 1.06. The summed E-state index contributed by atoms with van der Waals surface area (Å²) in [4.78, 5) is 0. The Morgan fingerprint density at radius 3 is 2.56 bits per heavy atom. The van der Waals surface area contributed by atoms with E-state index in [2.05, 4.69) is 0 Å². The molecule has 90 valence electrons. The number of benzene rings is 1. The van der Waals surface area contributed by atoms with Gasteiger partial charge in [0.2, 0.25) is 0 Å². The van der Waals surface area contributed by atoms with Crippen molar-refractivity contribution in [1.29, 1.82) is 0 Å². The Kier molecular flexibility index (Phi) is 5.60. The van der Waals surface area contributed by atoms with Crippen molar-refractivity contribution in [2.45, 2.75) is 39.2 Å². The number of hydrogen-bond acceptors (Lipinski definition) is 1. The van der Waals surface area contributed by atoms with Crippen LogP contribution in [0.1, 0.15) is 32.3 Å². The summed E-state index contributed by atoms with van der Waals surface area (Å²) < 4.78 is 0. The van der Waals surface area contributed by atoms with Crippen LogP contribution in [0.5, 0.6) is 0 Å². The van der Waals surface area contributed by atoms with Crippen molar-refractivity contribution < 1.29 is 5.11 Å². The standard InChI is InChI=1S/C13H18Cl2O/c1-9(2)13(16)5-3-4-10-8-11(14)6-7-12(10)15/h6-9,13,16H,3-5H2,1-2H3. The third-order valence-corrected chi connectivity index (χ3v) is 3.33. The predicted octanol–water partition coefficient (Wildman–Crippen LogP) is 4.33. The maximum atomic E-state index is 9.67. The van der Waals surface area contributed by atoms with E-state index < -0.39 is 0 Å². The van der Waals surface area contributed by atoms with Gasteiger partial charge >= 0.3 is 0 Å². The number of rotatable bonds is 5. The highest BCUT2D eigenvalue weighted by Gasteiger charge is 2.09. The summed E-state index contributed by atoms with van der Waals surface area (Å²) in [7, 11) is 0. The van der Waals surface area contributed by atoms with Gasteiger partial charge in [-0.25, -0.2) is 0 Å². The van der Waals surface area contributed by atoms with Gasteiger partial charge in [-0.2, -0.15) is 0 Å². The Labute approximate surface area is 107 Å². The average Bonchev–Trinajstić information content (AvgIpc) is 2.22. The minimum absolute atomic E-state index is 0.224. The lowest BCUT2D eigenvalue weighted by atomic mass is 9.99. The molecule has 0 aliphatic carbocycles. The molecule has 0 amide bonds. The van der Waals surface area contributed by atoms with Crippen molar-refractivity contribution in [2.75, 3.05) is 0 Å². The third kappa shape index (κ3) is 4.32. The average molecular weight is 261 g/mol. The van der Waals surface area contributed by atoms with Gasteiger partial charge in [-0.15, -0.1) is 0 Å². The van der Waals surface area contributed by atoms with Crippen LogP contribution in [0.15, 0.2) is 18.2 Å². The van der Waals surface area contributed by atoms with E-state index in [4.69, 9.17) is 23.2 Å². The Balaban J connectivity index is 2.45. The van der Waals surface area contributed by atoms with E-state index in [0.29, 0.717) is 10.9 Å². The molecule has 1 unspecified atom stereocenters. The van der Waals surface area contributed by atoms with Crippen LogP contribution in [-0.2, 0) is 6.42 Å². The lowest BCUT2D eigenvalue weighted by molar-refractivity contribution is 0.114. The molecule has 0 saturated heterocycles. The molecule has 1 aromatic carbocycles. The molecule has 0 saturated carbocycles. The van der Waals surface area contributed by atoms with Gasteiger partial charge in [0.15, 0.2) is 0 Å². The maximum absolute atomic E-state index is 9.67. The lowest BCUT2D eigenvalue weighted by Crippen LogP contribution is -2.14. The fraction of sp³-hybridized carbons (Fsp3) is 0.538. The molecule has 1 rings (SSSR count). The van der Waals surface area contributed by atoms with E-state index in [1.807, 2.05) is 26.0 Å². The van der Waals surface area contributed by atoms with Crippen molar-refractivity contribution >= 4 is 23.2 Å². The van der Waals surface area contributed by atoms with Gasteiger partial charge in [-0.1, -0.05) is 37.0 Å². The Hall–Kier alpha value is -0.240. The molecular weight excluding hydrogens is 243 g/mol. The molecule has 3 heteroatoms. The van der Waals surface area contributed by atoms with E-state index in [-0.39, 0.29) is 6.10 Å². The second kappa shape index (κ2) is 6.48. The van der Waals surface area contributed by atoms with Crippen LogP contribution < -0.4 is 0 Å². The molecule has 0 radical (unpaired) electrons. The van der Waals surface area contributed by atoms with Gasteiger partial charge in [0.05, 0.1) is 6.10 Å². The van der Waals surface area contributed by atoms with Crippen LogP contribution in [0.3, 0.4) is 0 Å². The van der Waals surface area contributed by atoms with Gasteiger partial charge in [-0.05, 0) is 48.9 Å². The zero-order chi connectivity index (χ0) is 12.1. The molecule has 1 atom stereocenters. The zero-order valence-electron chi connectivity index (χ0n) is 9.71. The minimum atomic E-state index is -0.224. The molecule has 0 spiro atoms. The summed E-state index contributed by atoms with van der Waals surface area (Å²) in [6.45, 7) is 4.05. The van der Waals surface area contributed by atoms with Crippen LogP contribution in [0.25, 0.3) is 0 Å². The molecule has 0 bridgehead atoms. The maximum Gasteiger partial charge on any atom is 0.0563 e. The fourth-order valence-corrected chi connectivity index (χ4v) is 1.98. The Morgan fingerprint density at radius 2 is 1.94 bits per heavy atom. The van der Waals surface area contributed by atoms with Crippen molar-refractivity contribution in [2.24, 2.45) is 5.92 Å². The normalized spacial score (nSPS) is 13.1. The summed E-state index contributed by atoms with van der Waals surface area (Å²) >= 11 is 12.0. The molecule has 16 heavy (non-hydrogen) atoms. The van der Waals surface area contributed by atoms with Gasteiger partial charge in [0.25, 0.3) is 0 Å². The molecule has 0 fully saturated rings. The summed E-state index contributed by atoms with van der Waals surface area (Å²) in [5, 5.41) is 11.1. The molecule has 0 aromatic heterocycles. The van der Waals surface area contributed by atoms with E-state index in [1.165, 1.54) is 0 Å². The Bertz CT molecular complexity index is 337. The topological polar surface area (TPSA) is 20.2 Å². The van der Waals surface area contributed by atoms with Crippen molar-refractivity contribution in [3.8, 4) is 0 Å². The van der Waals surface area contributed by atoms with E-state index in [0.717, 1.165) is 29.8 Å². The number of hydrogen-bond donors (Lipinski definition) is 1. The first-order valence-corrected chi connectivity index (χ1v) is 6.38. The first kappa shape index (κ1) is 13.8. The van der Waals surface area contributed by atoms with Crippen molar-refractivity contribution in [3.05, 3.63) is 33.8 Å². The smallest absolute Gasteiger partial charge is 0.0563 e. The largest absolute Gasteiger partial charge is 0.393 e. The first-order valence-electron chi connectivity index (χ1n) is 5.62. The van der Waals surface area contributed by atoms with Gasteiger partial charge < -0.3 is 5.11 Å². The molecular formula is C13H18Cl2O. The van der Waals surface area contributed by atoms with E-state index in [1.54, 1.807) is 6.07 Å². The monoisotopic (exact) mass is 260 g/mol. The summed E-state index contributed by atoms with van der Waals surface area (Å²) in [5.74, 6) is 0.315. The van der Waals surface area contributed by atoms with Crippen LogP contribution in [0, 0.1) is 5.92 Å². The highest BCUT2D eigenvalue weighted by atomic mass is 35.5. The third-order valence-electron chi connectivity index (χ3n) is 2.72. The minimum Gasteiger partial charge on any atom is -0.393 e. The number of aliphatic hydroxyl groups excluding tert-OH is 1. The molecule has 0 aliphatic heterocycles. The van der Waals surface area contributed by atoms with Gasteiger partial charge in [0, 0.05) is 10.0 Å². The SMILES string of the molecule is CC(C)C(O)CCCc1cc(Cl)ccc1Cl. The highest BCUT2D eigenvalue weighted by Crippen LogP contribution is 2.22. The first-order chi connectivity index (χ1) is 7.50. The molecule has 0 aliphatic rings. The highest BCUT2D eigenvalue weighted by molar-refractivity contribution is 6.33. The number of halogens is 2. The Morgan fingerprint density at radius 1 is 1.25 bits per heavy atom. The van der Waals surface area contributed by atoms with Crippen molar-refractivity contribution in [1.82, 2.24) is 0 Å². The van der Waals surface area contributed by atoms with Crippen LogP contribution >= 0.6 is 23.2 Å². The quantitative estimate of drug-likeness (QED) is 0.836. The zero-order valence-corrected chi connectivity index (χ0v) is 11.2. The second-order valence-electron chi connectivity index (χ2n) is 4.44. The summed E-state index contributed by atoms with van der Waals surface area (Å²) in [6.07, 6.45) is 2.38. The second-order valence-corrected chi connectivity index (χ2v) is 5.28. The number of aliphatic hydroxyl groups is 1. The van der Waals surface area contributed by atoms with Crippen LogP contribution in [-0.4, -0.2) is 11.2 Å². The van der Waals surface area contributed by atoms with E-state index >= 15 is 0 Å². The summed E-state index contributed by atoms with van der Waals surface area (Å²) in [6, 6.07) is 5.50. The molecule has 1 aromatic rings. The molecule has 1 nitrogen and oxygen atoms in total. The van der Waals surface area contributed by atoms with Crippen LogP contribution in [0.4, 0.5) is 0 Å².